The van der Waals surface area contributed by atoms with Crippen molar-refractivity contribution in [1.82, 2.24) is 0 Å². The van der Waals surface area contributed by atoms with Crippen molar-refractivity contribution < 1.29 is 33.7 Å². The number of rotatable bonds is 7. The maximum Gasteiger partial charge on any atom is 0.338 e. The van der Waals surface area contributed by atoms with E-state index in [0.29, 0.717) is 10.5 Å². The van der Waals surface area contributed by atoms with E-state index in [1.807, 2.05) is 0 Å². The third-order valence-electron chi connectivity index (χ3n) is 5.26. The molecule has 4 rings (SSSR count). The van der Waals surface area contributed by atoms with Gasteiger partial charge in [0.25, 0.3) is 23.2 Å². The van der Waals surface area contributed by atoms with Gasteiger partial charge in [-0.25, -0.2) is 9.69 Å². The molecular formula is C23H15N3O9. The molecule has 0 N–H and O–H groups in total. The molecule has 1 aliphatic rings. The average Bonchev–Trinajstić information content (AvgIpc) is 3.11. The molecule has 0 spiro atoms. The number of hydrogen-bond donors (Lipinski definition) is 0. The van der Waals surface area contributed by atoms with Gasteiger partial charge in [-0.1, -0.05) is 0 Å². The van der Waals surface area contributed by atoms with Gasteiger partial charge in [0.05, 0.1) is 39.7 Å². The molecule has 3 aromatic rings. The Morgan fingerprint density at radius 1 is 0.886 bits per heavy atom. The molecular weight excluding hydrogens is 462 g/mol. The van der Waals surface area contributed by atoms with Crippen molar-refractivity contribution in [2.45, 2.75) is 6.61 Å². The number of nitro benzene ring substituents is 2. The summed E-state index contributed by atoms with van der Waals surface area (Å²) in [6, 6.07) is 12.9. The van der Waals surface area contributed by atoms with Gasteiger partial charge in [-0.2, -0.15) is 0 Å². The van der Waals surface area contributed by atoms with Crippen LogP contribution in [0.4, 0.5) is 17.1 Å². The van der Waals surface area contributed by atoms with E-state index in [-0.39, 0.29) is 40.4 Å². The molecule has 12 nitrogen and oxygen atoms in total. The number of ether oxygens (including phenoxy) is 2. The first-order chi connectivity index (χ1) is 16.7. The minimum atomic E-state index is -0.830. The van der Waals surface area contributed by atoms with Crippen LogP contribution in [0.5, 0.6) is 5.75 Å². The number of nitrogens with zero attached hydrogens (tertiary/aromatic N) is 3. The third kappa shape index (κ3) is 4.27. The molecule has 35 heavy (non-hydrogen) atoms. The Balaban J connectivity index is 1.56. The van der Waals surface area contributed by atoms with Gasteiger partial charge in [0.2, 0.25) is 0 Å². The highest BCUT2D eigenvalue weighted by atomic mass is 16.6. The summed E-state index contributed by atoms with van der Waals surface area (Å²) < 4.78 is 10.2. The van der Waals surface area contributed by atoms with Crippen molar-refractivity contribution in [3.05, 3.63) is 103 Å². The second kappa shape index (κ2) is 9.02. The first-order valence-corrected chi connectivity index (χ1v) is 9.97. The zero-order chi connectivity index (χ0) is 25.3. The summed E-state index contributed by atoms with van der Waals surface area (Å²) in [6.07, 6.45) is 0. The van der Waals surface area contributed by atoms with Crippen LogP contribution < -0.4 is 9.64 Å². The lowest BCUT2D eigenvalue weighted by atomic mass is 10.1. The summed E-state index contributed by atoms with van der Waals surface area (Å²) in [7, 11) is 1.32. The van der Waals surface area contributed by atoms with Crippen LogP contribution in [0.15, 0.2) is 60.7 Å². The zero-order valence-electron chi connectivity index (χ0n) is 18.0. The van der Waals surface area contributed by atoms with E-state index in [2.05, 4.69) is 0 Å². The van der Waals surface area contributed by atoms with Crippen molar-refractivity contribution in [1.29, 1.82) is 0 Å². The quantitative estimate of drug-likeness (QED) is 0.214. The van der Waals surface area contributed by atoms with Crippen molar-refractivity contribution in [2.24, 2.45) is 0 Å². The third-order valence-corrected chi connectivity index (χ3v) is 5.26. The Labute approximate surface area is 196 Å². The number of amides is 2. The van der Waals surface area contributed by atoms with E-state index in [0.717, 1.165) is 6.07 Å². The number of hydrogen-bond acceptors (Lipinski definition) is 9. The number of esters is 1. The Kier molecular flexibility index (Phi) is 5.94. The van der Waals surface area contributed by atoms with E-state index in [1.54, 1.807) is 0 Å². The molecule has 12 heteroatoms. The molecule has 3 aromatic carbocycles. The second-order valence-electron chi connectivity index (χ2n) is 7.32. The highest BCUT2D eigenvalue weighted by Gasteiger charge is 2.40. The molecule has 0 saturated heterocycles. The first kappa shape index (κ1) is 23.0. The molecule has 2 amide bonds. The number of anilines is 1. The molecule has 0 unspecified atom stereocenters. The Morgan fingerprint density at radius 2 is 1.57 bits per heavy atom. The summed E-state index contributed by atoms with van der Waals surface area (Å²) >= 11 is 0. The lowest BCUT2D eigenvalue weighted by molar-refractivity contribution is -0.384. The van der Waals surface area contributed by atoms with Crippen LogP contribution in [0.2, 0.25) is 0 Å². The Bertz CT molecular complexity index is 1400. The van der Waals surface area contributed by atoms with Crippen LogP contribution in [0.3, 0.4) is 0 Å². The molecule has 0 aliphatic carbocycles. The van der Waals surface area contributed by atoms with Crippen LogP contribution >= 0.6 is 0 Å². The standard InChI is InChI=1S/C23H15N3O9/c1-34-16-7-9-19(20(11-16)26(32)33)24-21(27)17-8-4-14(10-18(17)22(24)28)23(29)35-12-13-2-5-15(6-3-13)25(30)31/h2-11H,12H2,1H3. The smallest absolute Gasteiger partial charge is 0.338 e. The first-order valence-electron chi connectivity index (χ1n) is 9.97. The lowest BCUT2D eigenvalue weighted by Crippen LogP contribution is -2.30. The summed E-state index contributed by atoms with van der Waals surface area (Å²) in [5.74, 6) is -2.22. The van der Waals surface area contributed by atoms with E-state index >= 15 is 0 Å². The van der Waals surface area contributed by atoms with Crippen molar-refractivity contribution in [2.75, 3.05) is 12.0 Å². The highest BCUT2D eigenvalue weighted by Crippen LogP contribution is 2.37. The topological polar surface area (TPSA) is 159 Å². The monoisotopic (exact) mass is 477 g/mol. The maximum absolute atomic E-state index is 13.0. The molecule has 0 saturated carbocycles. The van der Waals surface area contributed by atoms with E-state index < -0.39 is 33.3 Å². The Morgan fingerprint density at radius 3 is 2.20 bits per heavy atom. The predicted octanol–water partition coefficient (Wildman–Crippen LogP) is 3.67. The van der Waals surface area contributed by atoms with Gasteiger partial charge < -0.3 is 9.47 Å². The minimum absolute atomic E-state index is 0.0158. The number of nitro groups is 2. The zero-order valence-corrected chi connectivity index (χ0v) is 18.0. The molecule has 0 bridgehead atoms. The summed E-state index contributed by atoms with van der Waals surface area (Å²) in [6.45, 7) is -0.176. The Hall–Kier alpha value is -5.13. The number of methoxy groups -OCH3 is 1. The number of benzene rings is 3. The van der Waals surface area contributed by atoms with Gasteiger partial charge in [0.15, 0.2) is 0 Å². The number of fused-ring (bicyclic) bond motifs is 1. The summed E-state index contributed by atoms with van der Waals surface area (Å²) in [4.78, 5) is 60.1. The minimum Gasteiger partial charge on any atom is -0.496 e. The van der Waals surface area contributed by atoms with Crippen LogP contribution in [-0.2, 0) is 11.3 Å². The molecule has 0 atom stereocenters. The maximum atomic E-state index is 13.0. The number of carbonyl (C=O) groups is 3. The van der Waals surface area contributed by atoms with Gasteiger partial charge in [-0.05, 0) is 48.0 Å². The van der Waals surface area contributed by atoms with Crippen LogP contribution in [0, 0.1) is 20.2 Å². The van der Waals surface area contributed by atoms with E-state index in [9.17, 15) is 34.6 Å². The fraction of sp³-hybridized carbons (Fsp3) is 0.0870. The molecule has 0 fully saturated rings. The van der Waals surface area contributed by atoms with Crippen molar-refractivity contribution >= 4 is 34.8 Å². The molecule has 1 heterocycles. The van der Waals surface area contributed by atoms with Gasteiger partial charge in [-0.15, -0.1) is 0 Å². The highest BCUT2D eigenvalue weighted by molar-refractivity contribution is 6.35. The van der Waals surface area contributed by atoms with Gasteiger partial charge >= 0.3 is 5.97 Å². The summed E-state index contributed by atoms with van der Waals surface area (Å²) in [5.41, 5.74) is -0.474. The van der Waals surface area contributed by atoms with Gasteiger partial charge in [-0.3, -0.25) is 29.8 Å². The normalized spacial score (nSPS) is 12.3. The summed E-state index contributed by atoms with van der Waals surface area (Å²) in [5, 5.41) is 22.3. The van der Waals surface area contributed by atoms with Gasteiger partial charge in [0.1, 0.15) is 18.0 Å². The van der Waals surface area contributed by atoms with E-state index in [4.69, 9.17) is 9.47 Å². The number of imide groups is 1. The van der Waals surface area contributed by atoms with E-state index in [1.165, 1.54) is 61.7 Å². The fourth-order valence-electron chi connectivity index (χ4n) is 3.50. The molecule has 0 aromatic heterocycles. The van der Waals surface area contributed by atoms with Crippen LogP contribution in [0.1, 0.15) is 36.6 Å². The lowest BCUT2D eigenvalue weighted by Gasteiger charge is -2.14. The molecule has 1 aliphatic heterocycles. The average molecular weight is 477 g/mol. The van der Waals surface area contributed by atoms with Crippen LogP contribution in [-0.4, -0.2) is 34.7 Å². The van der Waals surface area contributed by atoms with Crippen LogP contribution in [0.25, 0.3) is 0 Å². The second-order valence-corrected chi connectivity index (χ2v) is 7.32. The number of non-ortho nitro benzene ring substituents is 1. The predicted molar refractivity (Wildman–Crippen MR) is 119 cm³/mol. The number of carbonyl (C=O) groups excluding carboxylic acids is 3. The SMILES string of the molecule is COc1ccc(N2C(=O)c3ccc(C(=O)OCc4ccc([N+](=O)[O-])cc4)cc3C2=O)c([N+](=O)[O-])c1. The van der Waals surface area contributed by atoms with Gasteiger partial charge in [0, 0.05) is 12.1 Å². The molecule has 176 valence electrons. The fourth-order valence-corrected chi connectivity index (χ4v) is 3.50. The largest absolute Gasteiger partial charge is 0.496 e. The molecule has 0 radical (unpaired) electrons. The van der Waals surface area contributed by atoms with Crippen molar-refractivity contribution in [3.63, 3.8) is 0 Å². The van der Waals surface area contributed by atoms with Crippen molar-refractivity contribution in [3.8, 4) is 5.75 Å².